The van der Waals surface area contributed by atoms with Crippen LogP contribution in [0.2, 0.25) is 0 Å². The minimum Gasteiger partial charge on any atom is -0.493 e. The molecule has 2 aromatic rings. The predicted molar refractivity (Wildman–Crippen MR) is 112 cm³/mol. The highest BCUT2D eigenvalue weighted by Gasteiger charge is 2.36. The summed E-state index contributed by atoms with van der Waals surface area (Å²) < 4.78 is 37.6. The number of amides is 3. The van der Waals surface area contributed by atoms with E-state index < -0.39 is 35.2 Å². The van der Waals surface area contributed by atoms with Gasteiger partial charge in [0.15, 0.2) is 11.5 Å². The lowest BCUT2D eigenvalue weighted by molar-refractivity contribution is -0.127. The van der Waals surface area contributed by atoms with E-state index in [0.717, 1.165) is 17.0 Å². The number of anilines is 1. The zero-order chi connectivity index (χ0) is 22.5. The van der Waals surface area contributed by atoms with E-state index in [1.54, 1.807) is 25.1 Å². The Labute approximate surface area is 181 Å². The molecule has 0 aliphatic carbocycles. The van der Waals surface area contributed by atoms with Crippen molar-refractivity contribution in [3.8, 4) is 11.5 Å². The average molecular weight is 448 g/mol. The van der Waals surface area contributed by atoms with Gasteiger partial charge in [-0.2, -0.15) is 0 Å². The lowest BCUT2D eigenvalue weighted by Gasteiger charge is -2.13. The van der Waals surface area contributed by atoms with E-state index in [1.807, 2.05) is 0 Å². The van der Waals surface area contributed by atoms with Gasteiger partial charge in [0.1, 0.15) is 18.2 Å². The SMILES string of the molecule is CCOc1c(/C=C2/SC(=O)N(CC(=O)Nc3ccc(F)cc3F)C2=O)cccc1OC. The molecule has 0 atom stereocenters. The number of imide groups is 1. The van der Waals surface area contributed by atoms with Crippen molar-refractivity contribution in [2.24, 2.45) is 0 Å². The van der Waals surface area contributed by atoms with Crippen LogP contribution in [-0.4, -0.2) is 42.2 Å². The molecule has 0 aromatic heterocycles. The molecule has 0 bridgehead atoms. The van der Waals surface area contributed by atoms with Crippen LogP contribution in [0.25, 0.3) is 6.08 Å². The molecule has 0 unspecified atom stereocenters. The molecule has 3 amide bonds. The molecule has 0 radical (unpaired) electrons. The Balaban J connectivity index is 1.77. The Morgan fingerprint density at radius 1 is 1.23 bits per heavy atom. The molecule has 1 aliphatic rings. The highest BCUT2D eigenvalue weighted by atomic mass is 32.2. The molecule has 162 valence electrons. The minimum atomic E-state index is -0.969. The molecule has 10 heteroatoms. The second kappa shape index (κ2) is 9.61. The molecular formula is C21H18F2N2O5S. The van der Waals surface area contributed by atoms with Crippen molar-refractivity contribution in [3.63, 3.8) is 0 Å². The number of hydrogen-bond donors (Lipinski definition) is 1. The van der Waals surface area contributed by atoms with E-state index in [0.29, 0.717) is 41.5 Å². The van der Waals surface area contributed by atoms with Crippen LogP contribution in [-0.2, 0) is 9.59 Å². The smallest absolute Gasteiger partial charge is 0.294 e. The molecule has 7 nitrogen and oxygen atoms in total. The van der Waals surface area contributed by atoms with Crippen LogP contribution >= 0.6 is 11.8 Å². The van der Waals surface area contributed by atoms with Crippen LogP contribution in [0.15, 0.2) is 41.3 Å². The number of halogens is 2. The van der Waals surface area contributed by atoms with Crippen LogP contribution in [0.3, 0.4) is 0 Å². The largest absolute Gasteiger partial charge is 0.493 e. The summed E-state index contributed by atoms with van der Waals surface area (Å²) in [6, 6.07) is 7.75. The third kappa shape index (κ3) is 5.02. The number of rotatable bonds is 7. The standard InChI is InChI=1S/C21H18F2N2O5S/c1-3-30-19-12(5-4-6-16(19)29-2)9-17-20(27)25(21(28)31-17)11-18(26)24-15-8-7-13(22)10-14(15)23/h4-10H,3,11H2,1-2H3,(H,24,26)/b17-9+. The van der Waals surface area contributed by atoms with Crippen molar-refractivity contribution in [1.82, 2.24) is 4.90 Å². The average Bonchev–Trinajstić information content (AvgIpc) is 2.99. The molecule has 1 N–H and O–H groups in total. The van der Waals surface area contributed by atoms with E-state index in [2.05, 4.69) is 5.32 Å². The van der Waals surface area contributed by atoms with Gasteiger partial charge in [-0.3, -0.25) is 19.3 Å². The Bertz CT molecular complexity index is 1070. The first-order valence-electron chi connectivity index (χ1n) is 9.14. The maximum absolute atomic E-state index is 13.7. The van der Waals surface area contributed by atoms with Crippen LogP contribution in [0.1, 0.15) is 12.5 Å². The molecule has 3 rings (SSSR count). The number of ether oxygens (including phenoxy) is 2. The molecule has 0 spiro atoms. The van der Waals surface area contributed by atoms with Crippen LogP contribution in [0.4, 0.5) is 19.3 Å². The lowest BCUT2D eigenvalue weighted by atomic mass is 10.1. The van der Waals surface area contributed by atoms with E-state index in [-0.39, 0.29) is 10.6 Å². The lowest BCUT2D eigenvalue weighted by Crippen LogP contribution is -2.36. The topological polar surface area (TPSA) is 84.9 Å². The number of carbonyl (C=O) groups excluding carboxylic acids is 3. The first-order chi connectivity index (χ1) is 14.8. The van der Waals surface area contributed by atoms with Gasteiger partial charge in [-0.1, -0.05) is 12.1 Å². The van der Waals surface area contributed by atoms with Crippen LogP contribution in [0, 0.1) is 11.6 Å². The first kappa shape index (κ1) is 22.3. The number of nitrogens with zero attached hydrogens (tertiary/aromatic N) is 1. The third-order valence-electron chi connectivity index (χ3n) is 4.19. The number of para-hydroxylation sites is 1. The van der Waals surface area contributed by atoms with E-state index in [4.69, 9.17) is 9.47 Å². The highest BCUT2D eigenvalue weighted by Crippen LogP contribution is 2.37. The second-order valence-electron chi connectivity index (χ2n) is 6.25. The highest BCUT2D eigenvalue weighted by molar-refractivity contribution is 8.18. The fourth-order valence-electron chi connectivity index (χ4n) is 2.81. The van der Waals surface area contributed by atoms with Gasteiger partial charge < -0.3 is 14.8 Å². The van der Waals surface area contributed by atoms with Gasteiger partial charge >= 0.3 is 0 Å². The molecule has 31 heavy (non-hydrogen) atoms. The fourth-order valence-corrected chi connectivity index (χ4v) is 3.64. The molecule has 1 saturated heterocycles. The molecule has 1 heterocycles. The van der Waals surface area contributed by atoms with Crippen molar-refractivity contribution in [2.75, 3.05) is 25.6 Å². The Hall–Kier alpha value is -3.40. The quantitative estimate of drug-likeness (QED) is 0.644. The minimum absolute atomic E-state index is 0.0972. The maximum Gasteiger partial charge on any atom is 0.294 e. The van der Waals surface area contributed by atoms with Crippen LogP contribution in [0.5, 0.6) is 11.5 Å². The van der Waals surface area contributed by atoms with E-state index in [9.17, 15) is 23.2 Å². The number of benzene rings is 2. The molecule has 1 aliphatic heterocycles. The first-order valence-corrected chi connectivity index (χ1v) is 9.95. The summed E-state index contributed by atoms with van der Waals surface area (Å²) in [6.07, 6.45) is 1.48. The summed E-state index contributed by atoms with van der Waals surface area (Å²) in [6.45, 7) is 1.55. The van der Waals surface area contributed by atoms with Crippen molar-refractivity contribution in [3.05, 3.63) is 58.5 Å². The Morgan fingerprint density at radius 3 is 2.68 bits per heavy atom. The number of carbonyl (C=O) groups is 3. The van der Waals surface area contributed by atoms with Gasteiger partial charge in [0.05, 0.1) is 24.3 Å². The van der Waals surface area contributed by atoms with E-state index >= 15 is 0 Å². The summed E-state index contributed by atoms with van der Waals surface area (Å²) >= 11 is 0.669. The van der Waals surface area contributed by atoms with Gasteiger partial charge in [0.25, 0.3) is 11.1 Å². The maximum atomic E-state index is 13.7. The number of hydrogen-bond acceptors (Lipinski definition) is 6. The van der Waals surface area contributed by atoms with Crippen molar-refractivity contribution in [1.29, 1.82) is 0 Å². The summed E-state index contributed by atoms with van der Waals surface area (Å²) in [4.78, 5) is 38.0. The fraction of sp³-hybridized carbons (Fsp3) is 0.190. The number of nitrogens with one attached hydrogen (secondary N) is 1. The monoisotopic (exact) mass is 448 g/mol. The summed E-state index contributed by atoms with van der Waals surface area (Å²) in [5.41, 5.74) is 0.274. The summed E-state index contributed by atoms with van der Waals surface area (Å²) in [5.74, 6) is -2.35. The van der Waals surface area contributed by atoms with E-state index in [1.165, 1.54) is 13.2 Å². The van der Waals surface area contributed by atoms with Gasteiger partial charge in [-0.05, 0) is 43.0 Å². The zero-order valence-electron chi connectivity index (χ0n) is 16.6. The van der Waals surface area contributed by atoms with Crippen molar-refractivity contribution in [2.45, 2.75) is 6.92 Å². The van der Waals surface area contributed by atoms with Crippen molar-refractivity contribution >= 4 is 40.6 Å². The molecule has 0 saturated carbocycles. The predicted octanol–water partition coefficient (Wildman–Crippen LogP) is 4.05. The molecule has 1 fully saturated rings. The molecule has 2 aromatic carbocycles. The normalized spacial score (nSPS) is 14.8. The van der Waals surface area contributed by atoms with Gasteiger partial charge in [-0.25, -0.2) is 8.78 Å². The molecular weight excluding hydrogens is 430 g/mol. The Morgan fingerprint density at radius 2 is 2.00 bits per heavy atom. The summed E-state index contributed by atoms with van der Waals surface area (Å²) in [7, 11) is 1.48. The van der Waals surface area contributed by atoms with Gasteiger partial charge in [0, 0.05) is 11.6 Å². The summed E-state index contributed by atoms with van der Waals surface area (Å²) in [5, 5.41) is 1.57. The van der Waals surface area contributed by atoms with Crippen molar-refractivity contribution < 1.29 is 32.6 Å². The number of thioether (sulfide) groups is 1. The van der Waals surface area contributed by atoms with Gasteiger partial charge in [-0.15, -0.1) is 0 Å². The zero-order valence-corrected chi connectivity index (χ0v) is 17.4. The Kier molecular flexibility index (Phi) is 6.91. The number of methoxy groups -OCH3 is 1. The second-order valence-corrected chi connectivity index (χ2v) is 7.25. The third-order valence-corrected chi connectivity index (χ3v) is 5.09. The van der Waals surface area contributed by atoms with Crippen LogP contribution < -0.4 is 14.8 Å². The van der Waals surface area contributed by atoms with Gasteiger partial charge in [0.2, 0.25) is 5.91 Å².